The van der Waals surface area contributed by atoms with Gasteiger partial charge in [-0.3, -0.25) is 4.68 Å². The Morgan fingerprint density at radius 2 is 2.00 bits per heavy atom. The summed E-state index contributed by atoms with van der Waals surface area (Å²) in [4.78, 5) is 2.25. The third-order valence-electron chi connectivity index (χ3n) is 3.65. The van der Waals surface area contributed by atoms with Gasteiger partial charge in [0, 0.05) is 20.1 Å². The zero-order chi connectivity index (χ0) is 12.0. The maximum absolute atomic E-state index is 9.23. The number of nitrogens with zero attached hydrogens (tertiary/aromatic N) is 4. The number of hydrogen-bond acceptors (Lipinski definition) is 4. The predicted molar refractivity (Wildman–Crippen MR) is 62.8 cm³/mol. The van der Waals surface area contributed by atoms with Crippen molar-refractivity contribution < 1.29 is 4.74 Å². The van der Waals surface area contributed by atoms with Gasteiger partial charge in [0.25, 0.3) is 0 Å². The molecular formula is C12H16N4O. The van der Waals surface area contributed by atoms with E-state index in [1.807, 2.05) is 18.7 Å². The van der Waals surface area contributed by atoms with Gasteiger partial charge in [0.1, 0.15) is 17.5 Å². The Morgan fingerprint density at radius 1 is 1.35 bits per heavy atom. The summed E-state index contributed by atoms with van der Waals surface area (Å²) in [6.45, 7) is 3.64. The molecule has 3 rings (SSSR count). The fourth-order valence-electron chi connectivity index (χ4n) is 2.93. The molecule has 17 heavy (non-hydrogen) atoms. The molecule has 2 saturated heterocycles. The molecule has 0 N–H and O–H groups in total. The molecule has 2 aliphatic rings. The summed E-state index contributed by atoms with van der Waals surface area (Å²) in [5, 5.41) is 13.6. The lowest BCUT2D eigenvalue weighted by molar-refractivity contribution is 0.0300. The molecule has 5 heteroatoms. The van der Waals surface area contributed by atoms with Crippen LogP contribution in [0.25, 0.3) is 0 Å². The van der Waals surface area contributed by atoms with Gasteiger partial charge in [0.05, 0.1) is 17.9 Å². The van der Waals surface area contributed by atoms with Gasteiger partial charge in [-0.1, -0.05) is 0 Å². The number of nitriles is 1. The van der Waals surface area contributed by atoms with E-state index in [0.717, 1.165) is 37.4 Å². The van der Waals surface area contributed by atoms with Crippen LogP contribution in [0.3, 0.4) is 0 Å². The lowest BCUT2D eigenvalue weighted by Crippen LogP contribution is -2.43. The van der Waals surface area contributed by atoms with Crippen molar-refractivity contribution in [1.82, 2.24) is 9.78 Å². The van der Waals surface area contributed by atoms with Gasteiger partial charge >= 0.3 is 0 Å². The standard InChI is InChI=1S/C12H16N4O/c1-8-11(5-13)12(15(2)14-8)16-6-9-3-4-10(7-16)17-9/h9-10H,3-4,6-7H2,1-2H3. The minimum Gasteiger partial charge on any atom is -0.371 e. The molecule has 0 aromatic carbocycles. The number of fused-ring (bicyclic) bond motifs is 2. The largest absolute Gasteiger partial charge is 0.371 e. The predicted octanol–water partition coefficient (Wildman–Crippen LogP) is 0.968. The highest BCUT2D eigenvalue weighted by atomic mass is 16.5. The fourth-order valence-corrected chi connectivity index (χ4v) is 2.93. The first-order valence-electron chi connectivity index (χ1n) is 6.03. The summed E-state index contributed by atoms with van der Waals surface area (Å²) in [5.74, 6) is 0.949. The number of ether oxygens (including phenoxy) is 1. The van der Waals surface area contributed by atoms with Crippen molar-refractivity contribution in [2.75, 3.05) is 18.0 Å². The zero-order valence-corrected chi connectivity index (χ0v) is 10.2. The highest BCUT2D eigenvalue weighted by molar-refractivity contribution is 5.57. The Kier molecular flexibility index (Phi) is 2.33. The molecule has 3 heterocycles. The van der Waals surface area contributed by atoms with Gasteiger partial charge in [-0.2, -0.15) is 10.4 Å². The lowest BCUT2D eigenvalue weighted by Gasteiger charge is -2.33. The van der Waals surface area contributed by atoms with Crippen molar-refractivity contribution in [3.63, 3.8) is 0 Å². The van der Waals surface area contributed by atoms with Crippen molar-refractivity contribution in [3.05, 3.63) is 11.3 Å². The molecular weight excluding hydrogens is 216 g/mol. The smallest absolute Gasteiger partial charge is 0.145 e. The van der Waals surface area contributed by atoms with Crippen molar-refractivity contribution >= 4 is 5.82 Å². The second-order valence-corrected chi connectivity index (χ2v) is 4.88. The van der Waals surface area contributed by atoms with E-state index in [2.05, 4.69) is 16.1 Å². The molecule has 2 atom stereocenters. The van der Waals surface area contributed by atoms with E-state index in [0.29, 0.717) is 17.8 Å². The van der Waals surface area contributed by atoms with E-state index in [1.54, 1.807) is 0 Å². The van der Waals surface area contributed by atoms with E-state index in [-0.39, 0.29) is 0 Å². The Morgan fingerprint density at radius 3 is 2.59 bits per heavy atom. The molecule has 2 aliphatic heterocycles. The van der Waals surface area contributed by atoms with E-state index >= 15 is 0 Å². The second kappa shape index (κ2) is 3.74. The van der Waals surface area contributed by atoms with E-state index < -0.39 is 0 Å². The quantitative estimate of drug-likeness (QED) is 0.724. The molecule has 2 fully saturated rings. The molecule has 1 aromatic heterocycles. The Hall–Kier alpha value is -1.54. The third-order valence-corrected chi connectivity index (χ3v) is 3.65. The zero-order valence-electron chi connectivity index (χ0n) is 10.2. The Labute approximate surface area is 101 Å². The van der Waals surface area contributed by atoms with Crippen LogP contribution in [0, 0.1) is 18.3 Å². The van der Waals surface area contributed by atoms with E-state index in [4.69, 9.17) is 4.74 Å². The summed E-state index contributed by atoms with van der Waals surface area (Å²) in [5.41, 5.74) is 1.51. The number of anilines is 1. The van der Waals surface area contributed by atoms with Crippen molar-refractivity contribution in [1.29, 1.82) is 5.26 Å². The fraction of sp³-hybridized carbons (Fsp3) is 0.667. The first-order chi connectivity index (χ1) is 8.19. The van der Waals surface area contributed by atoms with Crippen LogP contribution < -0.4 is 4.90 Å². The van der Waals surface area contributed by atoms with Crippen molar-refractivity contribution in [3.8, 4) is 6.07 Å². The summed E-state index contributed by atoms with van der Waals surface area (Å²) >= 11 is 0. The molecule has 0 radical (unpaired) electrons. The SMILES string of the molecule is Cc1nn(C)c(N2CC3CCC(C2)O3)c1C#N. The van der Waals surface area contributed by atoms with Gasteiger partial charge in [-0.15, -0.1) is 0 Å². The van der Waals surface area contributed by atoms with Gasteiger partial charge in [0.2, 0.25) is 0 Å². The molecule has 5 nitrogen and oxygen atoms in total. The average molecular weight is 232 g/mol. The summed E-state index contributed by atoms with van der Waals surface area (Å²) < 4.78 is 7.63. The maximum atomic E-state index is 9.23. The molecule has 0 amide bonds. The van der Waals surface area contributed by atoms with Crippen molar-refractivity contribution in [2.45, 2.75) is 32.0 Å². The van der Waals surface area contributed by atoms with Gasteiger partial charge < -0.3 is 9.64 Å². The normalized spacial score (nSPS) is 27.2. The van der Waals surface area contributed by atoms with Crippen LogP contribution in [-0.2, 0) is 11.8 Å². The topological polar surface area (TPSA) is 54.1 Å². The molecule has 2 bridgehead atoms. The highest BCUT2D eigenvalue weighted by Crippen LogP contribution is 2.31. The maximum Gasteiger partial charge on any atom is 0.145 e. The van der Waals surface area contributed by atoms with E-state index in [1.165, 1.54) is 0 Å². The van der Waals surface area contributed by atoms with Gasteiger partial charge in [0.15, 0.2) is 0 Å². The van der Waals surface area contributed by atoms with Crippen LogP contribution in [-0.4, -0.2) is 35.1 Å². The number of rotatable bonds is 1. The number of aryl methyl sites for hydroxylation is 2. The van der Waals surface area contributed by atoms with Crippen molar-refractivity contribution in [2.24, 2.45) is 7.05 Å². The molecule has 1 aromatic rings. The molecule has 0 aliphatic carbocycles. The van der Waals surface area contributed by atoms with Crippen LogP contribution in [0.4, 0.5) is 5.82 Å². The number of morpholine rings is 1. The third kappa shape index (κ3) is 1.60. The van der Waals surface area contributed by atoms with E-state index in [9.17, 15) is 5.26 Å². The Bertz CT molecular complexity index is 475. The van der Waals surface area contributed by atoms with Crippen LogP contribution in [0.5, 0.6) is 0 Å². The average Bonchev–Trinajstić information content (AvgIpc) is 2.78. The van der Waals surface area contributed by atoms with Crippen LogP contribution in [0.1, 0.15) is 24.1 Å². The minimum absolute atomic E-state index is 0.329. The highest BCUT2D eigenvalue weighted by Gasteiger charge is 2.35. The second-order valence-electron chi connectivity index (χ2n) is 4.88. The van der Waals surface area contributed by atoms with Crippen LogP contribution in [0.15, 0.2) is 0 Å². The Balaban J connectivity index is 1.97. The van der Waals surface area contributed by atoms with Gasteiger partial charge in [-0.05, 0) is 19.8 Å². The molecule has 0 spiro atoms. The lowest BCUT2D eigenvalue weighted by atomic mass is 10.2. The summed E-state index contributed by atoms with van der Waals surface area (Å²) in [6.07, 6.45) is 2.94. The summed E-state index contributed by atoms with van der Waals surface area (Å²) in [6, 6.07) is 2.27. The van der Waals surface area contributed by atoms with Crippen LogP contribution in [0.2, 0.25) is 0 Å². The van der Waals surface area contributed by atoms with Gasteiger partial charge in [-0.25, -0.2) is 0 Å². The molecule has 90 valence electrons. The first kappa shape index (κ1) is 10.6. The first-order valence-corrected chi connectivity index (χ1v) is 6.03. The minimum atomic E-state index is 0.329. The monoisotopic (exact) mass is 232 g/mol. The number of aromatic nitrogens is 2. The molecule has 0 saturated carbocycles. The number of hydrogen-bond donors (Lipinski definition) is 0. The van der Waals surface area contributed by atoms with Crippen LogP contribution >= 0.6 is 0 Å². The summed E-state index contributed by atoms with van der Waals surface area (Å²) in [7, 11) is 1.90. The molecule has 2 unspecified atom stereocenters.